The summed E-state index contributed by atoms with van der Waals surface area (Å²) < 4.78 is 41.4. The molecule has 0 radical (unpaired) electrons. The van der Waals surface area contributed by atoms with E-state index in [9.17, 15) is 13.2 Å². The molecule has 2 aromatic rings. The van der Waals surface area contributed by atoms with Gasteiger partial charge in [0, 0.05) is 42.2 Å². The monoisotopic (exact) mass is 509 g/mol. The van der Waals surface area contributed by atoms with Crippen molar-refractivity contribution in [1.29, 1.82) is 0 Å². The van der Waals surface area contributed by atoms with Crippen molar-refractivity contribution in [3.05, 3.63) is 87.2 Å². The van der Waals surface area contributed by atoms with Gasteiger partial charge in [-0.2, -0.15) is 13.2 Å². The molecule has 1 aromatic carbocycles. The van der Waals surface area contributed by atoms with Crippen molar-refractivity contribution in [1.82, 2.24) is 4.90 Å². The molecule has 0 spiro atoms. The van der Waals surface area contributed by atoms with Gasteiger partial charge < -0.3 is 10.6 Å². The molecule has 1 unspecified atom stereocenters. The summed E-state index contributed by atoms with van der Waals surface area (Å²) in [5, 5.41) is 0. The highest BCUT2D eigenvalue weighted by Crippen LogP contribution is 2.42. The normalized spacial score (nSPS) is 16.9. The van der Waals surface area contributed by atoms with Crippen molar-refractivity contribution < 1.29 is 13.2 Å². The Morgan fingerprint density at radius 2 is 1.94 bits per heavy atom. The molecule has 0 bridgehead atoms. The van der Waals surface area contributed by atoms with Crippen LogP contribution in [0.5, 0.6) is 0 Å². The van der Waals surface area contributed by atoms with Crippen molar-refractivity contribution in [3.63, 3.8) is 0 Å². The van der Waals surface area contributed by atoms with E-state index in [1.165, 1.54) is 17.6 Å². The number of allylic oxidation sites excluding steroid dienone is 4. The lowest BCUT2D eigenvalue weighted by molar-refractivity contribution is -0.0918. The quantitative estimate of drug-likeness (QED) is 0.239. The Labute approximate surface area is 209 Å². The third-order valence-corrected chi connectivity index (χ3v) is 6.61. The number of benzene rings is 1. The van der Waals surface area contributed by atoms with Gasteiger partial charge in [-0.25, -0.2) is 0 Å². The molecule has 2 heterocycles. The number of thiophene rings is 1. The molecule has 3 rings (SSSR count). The van der Waals surface area contributed by atoms with Crippen LogP contribution in [0.15, 0.2) is 66.3 Å². The number of hydrogen-bond donors (Lipinski definition) is 1. The molecule has 1 atom stereocenters. The zero-order valence-corrected chi connectivity index (χ0v) is 21.1. The number of nitrogens with zero attached hydrogens (tertiary/aromatic N) is 2. The molecular weight excluding hydrogens is 479 g/mol. The van der Waals surface area contributed by atoms with Crippen molar-refractivity contribution in [3.8, 4) is 0 Å². The Balaban J connectivity index is 0.000000945. The van der Waals surface area contributed by atoms with Gasteiger partial charge in [-0.1, -0.05) is 74.5 Å². The van der Waals surface area contributed by atoms with E-state index in [0.29, 0.717) is 23.0 Å². The molecule has 34 heavy (non-hydrogen) atoms. The summed E-state index contributed by atoms with van der Waals surface area (Å²) in [5.41, 5.74) is 6.73. The van der Waals surface area contributed by atoms with Crippen LogP contribution in [0.3, 0.4) is 0 Å². The molecule has 0 aliphatic carbocycles. The Kier molecular flexibility index (Phi) is 10.6. The lowest BCUT2D eigenvalue weighted by atomic mass is 9.83. The van der Waals surface area contributed by atoms with E-state index < -0.39 is 11.9 Å². The highest BCUT2D eigenvalue weighted by atomic mass is 35.5. The molecule has 3 nitrogen and oxygen atoms in total. The third-order valence-electron chi connectivity index (χ3n) is 5.34. The lowest BCUT2D eigenvalue weighted by Gasteiger charge is -2.31. The number of rotatable bonds is 7. The molecule has 0 saturated carbocycles. The first-order chi connectivity index (χ1) is 16.1. The molecule has 1 aromatic heterocycles. The molecule has 184 valence electrons. The van der Waals surface area contributed by atoms with Crippen molar-refractivity contribution >= 4 is 34.7 Å². The number of halogens is 4. The Hall–Kier alpha value is -2.35. The van der Waals surface area contributed by atoms with Gasteiger partial charge in [-0.05, 0) is 36.2 Å². The van der Waals surface area contributed by atoms with Gasteiger partial charge in [0.2, 0.25) is 0 Å². The summed E-state index contributed by atoms with van der Waals surface area (Å²) in [6, 6.07) is 9.07. The van der Waals surface area contributed by atoms with Crippen LogP contribution in [0, 0.1) is 0 Å². The maximum absolute atomic E-state index is 13.6. The van der Waals surface area contributed by atoms with Crippen LogP contribution in [0.4, 0.5) is 13.2 Å². The van der Waals surface area contributed by atoms with Crippen molar-refractivity contribution in [2.45, 2.75) is 38.4 Å². The molecule has 8 heteroatoms. The summed E-state index contributed by atoms with van der Waals surface area (Å²) >= 11 is 7.78. The molecule has 0 fully saturated rings. The highest BCUT2D eigenvalue weighted by Gasteiger charge is 2.36. The zero-order valence-electron chi connectivity index (χ0n) is 19.5. The summed E-state index contributed by atoms with van der Waals surface area (Å²) in [6.45, 7) is 10.7. The van der Waals surface area contributed by atoms with Gasteiger partial charge in [0.05, 0.1) is 4.34 Å². The minimum Gasteiger partial charge on any atom is -0.394 e. The standard InChI is InChI=1S/C22H25ClF3N3S.C4H6/c1-3-4-9-28-11-17(21(27)22(24,25)26)14-7-5-6-8-15(14)18-12-29(2)13-19-16(18)10-20(23)30-19;1-3-4-2/h5-8,10-11,18H,3-4,9,12-13,27H2,1-2H3;3-4H,1-2H2/b21-17+,28-11?;. The van der Waals surface area contributed by atoms with E-state index in [1.807, 2.05) is 32.2 Å². The van der Waals surface area contributed by atoms with Gasteiger partial charge >= 0.3 is 6.18 Å². The summed E-state index contributed by atoms with van der Waals surface area (Å²) in [4.78, 5) is 7.52. The molecule has 2 N–H and O–H groups in total. The fourth-order valence-corrected chi connectivity index (χ4v) is 5.12. The molecule has 1 aliphatic rings. The first-order valence-corrected chi connectivity index (χ1v) is 12.2. The second kappa shape index (κ2) is 12.9. The summed E-state index contributed by atoms with van der Waals surface area (Å²) in [5.74, 6) is -0.0984. The predicted molar refractivity (Wildman–Crippen MR) is 140 cm³/mol. The molecular formula is C26H31ClF3N3S. The molecule has 0 saturated heterocycles. The van der Waals surface area contributed by atoms with Gasteiger partial charge in [-0.15, -0.1) is 11.3 Å². The fourth-order valence-electron chi connectivity index (χ4n) is 3.70. The summed E-state index contributed by atoms with van der Waals surface area (Å²) in [7, 11) is 2.00. The minimum absolute atomic E-state index is 0.0784. The predicted octanol–water partition coefficient (Wildman–Crippen LogP) is 7.44. The van der Waals surface area contributed by atoms with Crippen LogP contribution in [0.2, 0.25) is 4.34 Å². The molecule has 0 amide bonds. The minimum atomic E-state index is -4.64. The first-order valence-electron chi connectivity index (χ1n) is 11.0. The Morgan fingerprint density at radius 3 is 2.56 bits per heavy atom. The lowest BCUT2D eigenvalue weighted by Crippen LogP contribution is -2.30. The fraction of sp³-hybridized carbons (Fsp3) is 0.346. The number of alkyl halides is 3. The van der Waals surface area contributed by atoms with Gasteiger partial charge in [0.1, 0.15) is 5.70 Å². The zero-order chi connectivity index (χ0) is 25.3. The number of likely N-dealkylation sites (N-methyl/N-ethyl adjacent to an activating group) is 1. The van der Waals surface area contributed by atoms with Crippen LogP contribution in [0.25, 0.3) is 5.57 Å². The van der Waals surface area contributed by atoms with Crippen LogP contribution >= 0.6 is 22.9 Å². The van der Waals surface area contributed by atoms with Crippen LogP contribution in [-0.2, 0) is 6.54 Å². The highest BCUT2D eigenvalue weighted by molar-refractivity contribution is 7.16. The van der Waals surface area contributed by atoms with Crippen LogP contribution in [-0.4, -0.2) is 37.4 Å². The topological polar surface area (TPSA) is 41.6 Å². The number of unbranched alkanes of at least 4 members (excludes halogenated alkanes) is 1. The van der Waals surface area contributed by atoms with Crippen molar-refractivity contribution in [2.75, 3.05) is 20.1 Å². The maximum Gasteiger partial charge on any atom is 0.431 e. The van der Waals surface area contributed by atoms with E-state index in [0.717, 1.165) is 35.4 Å². The van der Waals surface area contributed by atoms with E-state index in [1.54, 1.807) is 24.3 Å². The number of hydrogen-bond acceptors (Lipinski definition) is 4. The second-order valence-corrected chi connectivity index (χ2v) is 9.72. The van der Waals surface area contributed by atoms with E-state index >= 15 is 0 Å². The first kappa shape index (κ1) is 27.9. The smallest absolute Gasteiger partial charge is 0.394 e. The largest absolute Gasteiger partial charge is 0.431 e. The van der Waals surface area contributed by atoms with Gasteiger partial charge in [0.15, 0.2) is 0 Å². The number of nitrogens with two attached hydrogens (primary N) is 1. The van der Waals surface area contributed by atoms with E-state index in [-0.39, 0.29) is 11.5 Å². The Bertz CT molecular complexity index is 1030. The maximum atomic E-state index is 13.6. The number of fused-ring (bicyclic) bond motifs is 1. The third kappa shape index (κ3) is 7.32. The van der Waals surface area contributed by atoms with Crippen LogP contribution in [0.1, 0.15) is 47.3 Å². The molecule has 1 aliphatic heterocycles. The van der Waals surface area contributed by atoms with E-state index in [2.05, 4.69) is 23.1 Å². The SMILES string of the molecule is C=CC=C.CCCCN=C/C(=C(\N)C(F)(F)F)c1ccccc1C1CN(C)Cc2sc(Cl)cc21. The number of aliphatic imine (C=N–C) groups is 1. The average Bonchev–Trinajstić information content (AvgIpc) is 3.17. The van der Waals surface area contributed by atoms with Crippen LogP contribution < -0.4 is 5.73 Å². The Morgan fingerprint density at radius 1 is 1.26 bits per heavy atom. The summed E-state index contributed by atoms with van der Waals surface area (Å²) in [6.07, 6.45) is 1.64. The van der Waals surface area contributed by atoms with E-state index in [4.69, 9.17) is 17.3 Å². The second-order valence-electron chi connectivity index (χ2n) is 7.95. The van der Waals surface area contributed by atoms with Crippen molar-refractivity contribution in [2.24, 2.45) is 10.7 Å². The van der Waals surface area contributed by atoms with Gasteiger partial charge in [-0.3, -0.25) is 4.99 Å². The average molecular weight is 510 g/mol. The van der Waals surface area contributed by atoms with Gasteiger partial charge in [0.25, 0.3) is 0 Å².